The Hall–Kier alpha value is -2.86. The van der Waals surface area contributed by atoms with Crippen molar-refractivity contribution in [3.63, 3.8) is 0 Å². The summed E-state index contributed by atoms with van der Waals surface area (Å²) in [6, 6.07) is 20.3. The van der Waals surface area contributed by atoms with Crippen molar-refractivity contribution in [3.8, 4) is 0 Å². The number of anilines is 1. The van der Waals surface area contributed by atoms with Gasteiger partial charge in [0.1, 0.15) is 5.82 Å². The minimum atomic E-state index is -4.34. The third kappa shape index (κ3) is 3.49. The van der Waals surface area contributed by atoms with Crippen LogP contribution in [0.2, 0.25) is 0 Å². The molecule has 5 rings (SSSR count). The quantitative estimate of drug-likeness (QED) is 0.541. The van der Waals surface area contributed by atoms with E-state index in [0.29, 0.717) is 6.54 Å². The van der Waals surface area contributed by atoms with Crippen molar-refractivity contribution in [1.29, 1.82) is 0 Å². The minimum Gasteiger partial charge on any atom is -0.350 e. The van der Waals surface area contributed by atoms with Crippen molar-refractivity contribution in [3.05, 3.63) is 101 Å². The molecule has 2 aliphatic heterocycles. The van der Waals surface area contributed by atoms with Crippen LogP contribution >= 0.6 is 0 Å². The third-order valence-corrected chi connectivity index (χ3v) is 6.56. The van der Waals surface area contributed by atoms with Crippen molar-refractivity contribution in [1.82, 2.24) is 5.32 Å². The summed E-state index contributed by atoms with van der Waals surface area (Å²) in [5.74, 6) is -0.252. The highest BCUT2D eigenvalue weighted by molar-refractivity contribution is 5.65. The zero-order valence-corrected chi connectivity index (χ0v) is 16.8. The second kappa shape index (κ2) is 7.38. The summed E-state index contributed by atoms with van der Waals surface area (Å²) in [6.45, 7) is 1.36. The van der Waals surface area contributed by atoms with Gasteiger partial charge in [0.05, 0.1) is 11.7 Å². The van der Waals surface area contributed by atoms with Crippen molar-refractivity contribution >= 4 is 5.69 Å². The number of halogens is 4. The maximum Gasteiger partial charge on any atom is 0.416 e. The Morgan fingerprint density at radius 3 is 2.29 bits per heavy atom. The molecule has 2 unspecified atom stereocenters. The number of nitrogens with one attached hydrogen (secondary N) is 1. The van der Waals surface area contributed by atoms with E-state index < -0.39 is 11.7 Å². The number of fused-ring (bicyclic) bond motifs is 3. The second-order valence-corrected chi connectivity index (χ2v) is 8.41. The Bertz CT molecular complexity index is 1080. The first-order valence-electron chi connectivity index (χ1n) is 10.4. The van der Waals surface area contributed by atoms with Crippen LogP contribution < -0.4 is 10.2 Å². The van der Waals surface area contributed by atoms with Crippen molar-refractivity contribution in [2.24, 2.45) is 0 Å². The van der Waals surface area contributed by atoms with E-state index >= 15 is 0 Å². The maximum atomic E-state index is 13.4. The highest BCUT2D eigenvalue weighted by Gasteiger charge is 2.53. The molecule has 6 heteroatoms. The normalized spacial score (nSPS) is 22.5. The number of para-hydroxylation sites is 1. The molecule has 1 saturated heterocycles. The molecule has 0 aliphatic carbocycles. The Morgan fingerprint density at radius 2 is 1.58 bits per heavy atom. The van der Waals surface area contributed by atoms with Gasteiger partial charge in [-0.3, -0.25) is 5.32 Å². The van der Waals surface area contributed by atoms with Crippen LogP contribution in [0.15, 0.2) is 72.8 Å². The predicted octanol–water partition coefficient (Wildman–Crippen LogP) is 5.66. The van der Waals surface area contributed by atoms with Crippen molar-refractivity contribution in [2.45, 2.75) is 37.1 Å². The second-order valence-electron chi connectivity index (χ2n) is 8.41. The first-order valence-corrected chi connectivity index (χ1v) is 10.4. The van der Waals surface area contributed by atoms with Gasteiger partial charge >= 0.3 is 6.18 Å². The van der Waals surface area contributed by atoms with Crippen LogP contribution in [0.5, 0.6) is 0 Å². The Kier molecular flexibility index (Phi) is 4.77. The lowest BCUT2D eigenvalue weighted by molar-refractivity contribution is -0.137. The van der Waals surface area contributed by atoms with Gasteiger partial charge in [-0.05, 0) is 66.4 Å². The van der Waals surface area contributed by atoms with Crippen molar-refractivity contribution in [2.75, 3.05) is 11.4 Å². The molecule has 1 N–H and O–H groups in total. The lowest BCUT2D eigenvalue weighted by Gasteiger charge is -2.34. The van der Waals surface area contributed by atoms with Crippen LogP contribution in [0.3, 0.4) is 0 Å². The van der Waals surface area contributed by atoms with E-state index in [1.807, 2.05) is 24.3 Å². The van der Waals surface area contributed by atoms with Crippen LogP contribution in [0.1, 0.15) is 28.7 Å². The molecule has 2 heterocycles. The van der Waals surface area contributed by atoms with E-state index in [1.165, 1.54) is 17.7 Å². The van der Waals surface area contributed by atoms with Crippen LogP contribution in [0, 0.1) is 5.82 Å². The van der Waals surface area contributed by atoms with Gasteiger partial charge in [-0.25, -0.2) is 4.39 Å². The van der Waals surface area contributed by atoms with E-state index in [2.05, 4.69) is 22.3 Å². The fourth-order valence-corrected chi connectivity index (χ4v) is 5.16. The topological polar surface area (TPSA) is 15.3 Å². The summed E-state index contributed by atoms with van der Waals surface area (Å²) in [6.07, 6.45) is -2.60. The first-order chi connectivity index (χ1) is 14.9. The molecule has 3 aromatic carbocycles. The molecule has 160 valence electrons. The summed E-state index contributed by atoms with van der Waals surface area (Å²) in [5, 5.41) is 3.62. The summed E-state index contributed by atoms with van der Waals surface area (Å²) in [5.41, 5.74) is 3.43. The fraction of sp³-hybridized carbons (Fsp3) is 0.280. The number of rotatable bonds is 4. The van der Waals surface area contributed by atoms with Gasteiger partial charge in [0.2, 0.25) is 0 Å². The predicted molar refractivity (Wildman–Crippen MR) is 112 cm³/mol. The number of hydrogen-bond acceptors (Lipinski definition) is 2. The number of alkyl halides is 3. The maximum absolute atomic E-state index is 13.4. The molecule has 2 atom stereocenters. The van der Waals surface area contributed by atoms with Crippen LogP contribution in [0.4, 0.5) is 23.2 Å². The summed E-state index contributed by atoms with van der Waals surface area (Å²) in [7, 11) is 0. The largest absolute Gasteiger partial charge is 0.416 e. The molecule has 0 spiro atoms. The van der Waals surface area contributed by atoms with E-state index in [4.69, 9.17) is 0 Å². The molecule has 2 nitrogen and oxygen atoms in total. The van der Waals surface area contributed by atoms with Gasteiger partial charge in [0.15, 0.2) is 0 Å². The number of nitrogens with zero attached hydrogens (tertiary/aromatic N) is 1. The Balaban J connectivity index is 1.49. The summed E-state index contributed by atoms with van der Waals surface area (Å²) < 4.78 is 52.2. The Labute approximate surface area is 178 Å². The molecule has 0 bridgehead atoms. The highest BCUT2D eigenvalue weighted by atomic mass is 19.4. The first kappa shape index (κ1) is 20.1. The zero-order chi connectivity index (χ0) is 21.6. The number of hydrogen-bond donors (Lipinski definition) is 1. The summed E-state index contributed by atoms with van der Waals surface area (Å²) in [4.78, 5) is 2.26. The Morgan fingerprint density at radius 1 is 0.903 bits per heavy atom. The van der Waals surface area contributed by atoms with Gasteiger partial charge < -0.3 is 4.90 Å². The molecule has 2 aliphatic rings. The van der Waals surface area contributed by atoms with Gasteiger partial charge in [-0.1, -0.05) is 42.5 Å². The molecule has 31 heavy (non-hydrogen) atoms. The van der Waals surface area contributed by atoms with E-state index in [9.17, 15) is 17.6 Å². The van der Waals surface area contributed by atoms with Gasteiger partial charge in [-0.2, -0.15) is 13.2 Å². The fourth-order valence-electron chi connectivity index (χ4n) is 5.16. The minimum absolute atomic E-state index is 0.0252. The standard InChI is InChI=1S/C25H22F4N2/c26-20-11-7-17(8-12-20)15-24-13-14-30-23(24)31(22-4-2-1-3-21(22)24)16-18-5-9-19(10-6-18)25(27,28)29/h1-12,23,30H,13-16H2. The summed E-state index contributed by atoms with van der Waals surface area (Å²) >= 11 is 0. The van der Waals surface area contributed by atoms with Gasteiger partial charge in [-0.15, -0.1) is 0 Å². The van der Waals surface area contributed by atoms with Crippen molar-refractivity contribution < 1.29 is 17.6 Å². The van der Waals surface area contributed by atoms with E-state index in [0.717, 1.165) is 48.3 Å². The molecular weight excluding hydrogens is 404 g/mol. The van der Waals surface area contributed by atoms with Gasteiger partial charge in [0, 0.05) is 17.6 Å². The smallest absolute Gasteiger partial charge is 0.350 e. The van der Waals surface area contributed by atoms with E-state index in [-0.39, 0.29) is 17.4 Å². The van der Waals surface area contributed by atoms with Crippen LogP contribution in [-0.4, -0.2) is 12.7 Å². The molecule has 0 aromatic heterocycles. The lowest BCUT2D eigenvalue weighted by Crippen LogP contribution is -2.48. The van der Waals surface area contributed by atoms with Crippen LogP contribution in [0.25, 0.3) is 0 Å². The zero-order valence-electron chi connectivity index (χ0n) is 16.8. The third-order valence-electron chi connectivity index (χ3n) is 6.56. The van der Waals surface area contributed by atoms with Gasteiger partial charge in [0.25, 0.3) is 0 Å². The SMILES string of the molecule is Fc1ccc(CC23CCNC2N(Cc2ccc(C(F)(F)F)cc2)c2ccccc23)cc1. The average molecular weight is 426 g/mol. The lowest BCUT2D eigenvalue weighted by atomic mass is 9.74. The molecule has 3 aromatic rings. The average Bonchev–Trinajstić information content (AvgIpc) is 3.27. The highest BCUT2D eigenvalue weighted by Crippen LogP contribution is 2.51. The van der Waals surface area contributed by atoms with Crippen LogP contribution in [-0.2, 0) is 24.6 Å². The molecule has 0 amide bonds. The molecular formula is C25H22F4N2. The monoisotopic (exact) mass is 426 g/mol. The number of benzene rings is 3. The van der Waals surface area contributed by atoms with E-state index in [1.54, 1.807) is 12.1 Å². The molecule has 0 radical (unpaired) electrons. The molecule has 0 saturated carbocycles. The molecule has 1 fully saturated rings.